The summed E-state index contributed by atoms with van der Waals surface area (Å²) in [6, 6.07) is 9.16. The summed E-state index contributed by atoms with van der Waals surface area (Å²) in [4.78, 5) is 51.3. The smallest absolute Gasteiger partial charge is 0.407 e. The standard InChI is InChI=1S/C20H23N3O5/c1-14(19(26)22-12-18(25)17-8-5-9-21-17)10-16(24)11-23-20(27)28-13-15-6-3-2-4-7-15/h2-4,6-9,14H,5,10-13H2,1H3,(H,22,26)(H,23,27)/t14-/m1/s1. The number of nitrogens with one attached hydrogen (secondary N) is 2. The molecule has 0 saturated heterocycles. The van der Waals surface area contributed by atoms with Gasteiger partial charge in [-0.05, 0) is 11.6 Å². The van der Waals surface area contributed by atoms with Crippen molar-refractivity contribution in [1.29, 1.82) is 0 Å². The van der Waals surface area contributed by atoms with Crippen molar-refractivity contribution in [3.8, 4) is 0 Å². The Morgan fingerprint density at radius 2 is 1.86 bits per heavy atom. The van der Waals surface area contributed by atoms with Gasteiger partial charge in [-0.25, -0.2) is 4.79 Å². The van der Waals surface area contributed by atoms with E-state index < -0.39 is 17.9 Å². The summed E-state index contributed by atoms with van der Waals surface area (Å²) >= 11 is 0. The molecule has 1 aliphatic heterocycles. The van der Waals surface area contributed by atoms with Crippen LogP contribution in [0.1, 0.15) is 25.3 Å². The number of hydrogen-bond acceptors (Lipinski definition) is 6. The van der Waals surface area contributed by atoms with Gasteiger partial charge < -0.3 is 15.4 Å². The van der Waals surface area contributed by atoms with Crippen LogP contribution in [0.5, 0.6) is 0 Å². The molecule has 0 saturated carbocycles. The summed E-state index contributed by atoms with van der Waals surface area (Å²) in [5, 5.41) is 4.86. The van der Waals surface area contributed by atoms with Gasteiger partial charge in [-0.2, -0.15) is 0 Å². The predicted molar refractivity (Wildman–Crippen MR) is 103 cm³/mol. The van der Waals surface area contributed by atoms with Crippen LogP contribution in [0.25, 0.3) is 0 Å². The highest BCUT2D eigenvalue weighted by atomic mass is 16.5. The van der Waals surface area contributed by atoms with E-state index in [2.05, 4.69) is 15.6 Å². The van der Waals surface area contributed by atoms with Crippen LogP contribution in [0.2, 0.25) is 0 Å². The van der Waals surface area contributed by atoms with Gasteiger partial charge in [0, 0.05) is 25.0 Å². The highest BCUT2D eigenvalue weighted by Crippen LogP contribution is 2.07. The van der Waals surface area contributed by atoms with E-state index in [9.17, 15) is 19.2 Å². The lowest BCUT2D eigenvalue weighted by Gasteiger charge is -2.11. The fraction of sp³-hybridized carbons (Fsp3) is 0.350. The molecule has 1 atom stereocenters. The molecule has 0 bridgehead atoms. The number of aliphatic imine (C=N–C) groups is 1. The summed E-state index contributed by atoms with van der Waals surface area (Å²) in [7, 11) is 0. The second kappa shape index (κ2) is 10.8. The van der Waals surface area contributed by atoms with Gasteiger partial charge >= 0.3 is 6.09 Å². The first kappa shape index (κ1) is 21.0. The van der Waals surface area contributed by atoms with Crippen LogP contribution in [-0.4, -0.2) is 42.9 Å². The number of Topliss-reactive ketones (excluding diaryl/α,β-unsaturated/α-hetero) is 2. The normalized spacial score (nSPS) is 13.4. The number of benzene rings is 1. The van der Waals surface area contributed by atoms with Crippen LogP contribution in [-0.2, 0) is 25.7 Å². The maximum atomic E-state index is 12.0. The van der Waals surface area contributed by atoms with Crippen molar-refractivity contribution in [3.05, 3.63) is 47.7 Å². The number of carbonyl (C=O) groups excluding carboxylic acids is 4. The molecule has 0 aromatic heterocycles. The van der Waals surface area contributed by atoms with Gasteiger partial charge in [0.2, 0.25) is 5.91 Å². The number of carbonyl (C=O) groups is 4. The summed E-state index contributed by atoms with van der Waals surface area (Å²) in [6.07, 6.45) is 3.16. The maximum absolute atomic E-state index is 12.0. The van der Waals surface area contributed by atoms with Crippen LogP contribution in [0.3, 0.4) is 0 Å². The van der Waals surface area contributed by atoms with Crippen LogP contribution in [0.4, 0.5) is 4.79 Å². The molecule has 0 radical (unpaired) electrons. The molecule has 1 aromatic carbocycles. The minimum Gasteiger partial charge on any atom is -0.445 e. The number of ether oxygens (including phenoxy) is 1. The molecule has 1 heterocycles. The van der Waals surface area contributed by atoms with E-state index in [0.29, 0.717) is 12.1 Å². The Morgan fingerprint density at radius 1 is 1.11 bits per heavy atom. The Bertz CT molecular complexity index is 786. The van der Waals surface area contributed by atoms with Gasteiger partial charge in [-0.1, -0.05) is 37.3 Å². The van der Waals surface area contributed by atoms with Gasteiger partial charge in [0.25, 0.3) is 0 Å². The molecule has 148 valence electrons. The number of nitrogens with zero attached hydrogens (tertiary/aromatic N) is 1. The van der Waals surface area contributed by atoms with E-state index >= 15 is 0 Å². The Hall–Kier alpha value is -3.29. The maximum Gasteiger partial charge on any atom is 0.407 e. The van der Waals surface area contributed by atoms with E-state index in [1.807, 2.05) is 30.3 Å². The van der Waals surface area contributed by atoms with Crippen LogP contribution in [0, 0.1) is 5.92 Å². The highest BCUT2D eigenvalue weighted by Gasteiger charge is 2.19. The van der Waals surface area contributed by atoms with E-state index in [0.717, 1.165) is 5.56 Å². The molecule has 1 aliphatic rings. The zero-order chi connectivity index (χ0) is 20.4. The van der Waals surface area contributed by atoms with Crippen molar-refractivity contribution in [1.82, 2.24) is 10.6 Å². The topological polar surface area (TPSA) is 114 Å². The van der Waals surface area contributed by atoms with E-state index in [4.69, 9.17) is 4.74 Å². The monoisotopic (exact) mass is 385 g/mol. The molecule has 28 heavy (non-hydrogen) atoms. The summed E-state index contributed by atoms with van der Waals surface area (Å²) in [6.45, 7) is 1.29. The minimum absolute atomic E-state index is 0.0557. The van der Waals surface area contributed by atoms with Gasteiger partial charge in [0.05, 0.1) is 13.1 Å². The molecule has 1 aromatic rings. The molecule has 0 fully saturated rings. The SMILES string of the molecule is C[C@H](CC(=O)CNC(=O)OCc1ccccc1)C(=O)NCC(=O)C1=CCC=N1. The second-order valence-electron chi connectivity index (χ2n) is 6.34. The van der Waals surface area contributed by atoms with E-state index in [1.165, 1.54) is 0 Å². The van der Waals surface area contributed by atoms with Crippen molar-refractivity contribution in [2.75, 3.05) is 13.1 Å². The third-order valence-electron chi connectivity index (χ3n) is 3.98. The molecule has 0 unspecified atom stereocenters. The zero-order valence-electron chi connectivity index (χ0n) is 15.6. The molecule has 8 heteroatoms. The lowest BCUT2D eigenvalue weighted by molar-refractivity contribution is -0.129. The van der Waals surface area contributed by atoms with Crippen molar-refractivity contribution in [3.63, 3.8) is 0 Å². The van der Waals surface area contributed by atoms with Gasteiger partial charge in [0.15, 0.2) is 11.6 Å². The number of allylic oxidation sites excluding steroid dienone is 1. The summed E-state index contributed by atoms with van der Waals surface area (Å²) in [5.74, 6) is -1.61. The van der Waals surface area contributed by atoms with Crippen molar-refractivity contribution < 1.29 is 23.9 Å². The first-order valence-corrected chi connectivity index (χ1v) is 8.95. The van der Waals surface area contributed by atoms with Gasteiger partial charge in [-0.3, -0.25) is 19.4 Å². The van der Waals surface area contributed by atoms with Crippen molar-refractivity contribution in [2.45, 2.75) is 26.4 Å². The van der Waals surface area contributed by atoms with Crippen LogP contribution < -0.4 is 10.6 Å². The lowest BCUT2D eigenvalue weighted by Crippen LogP contribution is -2.36. The molecule has 8 nitrogen and oxygen atoms in total. The number of ketones is 2. The Kier molecular flexibility index (Phi) is 8.08. The molecule has 2 rings (SSSR count). The first-order chi connectivity index (χ1) is 13.5. The Balaban J connectivity index is 1.62. The third kappa shape index (κ3) is 7.14. The fourth-order valence-corrected chi connectivity index (χ4v) is 2.44. The average Bonchev–Trinajstić information content (AvgIpc) is 3.24. The molecule has 0 aliphatic carbocycles. The number of rotatable bonds is 10. The van der Waals surface area contributed by atoms with E-state index in [1.54, 1.807) is 19.2 Å². The van der Waals surface area contributed by atoms with E-state index in [-0.39, 0.29) is 37.7 Å². The number of amides is 2. The van der Waals surface area contributed by atoms with Gasteiger partial charge in [-0.15, -0.1) is 0 Å². The molecule has 2 N–H and O–H groups in total. The fourth-order valence-electron chi connectivity index (χ4n) is 2.44. The van der Waals surface area contributed by atoms with Crippen molar-refractivity contribution >= 4 is 29.8 Å². The Morgan fingerprint density at radius 3 is 2.54 bits per heavy atom. The second-order valence-corrected chi connectivity index (χ2v) is 6.34. The molecular formula is C20H23N3O5. The quantitative estimate of drug-likeness (QED) is 0.634. The van der Waals surface area contributed by atoms with Crippen LogP contribution >= 0.6 is 0 Å². The molecule has 2 amide bonds. The number of alkyl carbamates (subject to hydrolysis) is 1. The predicted octanol–water partition coefficient (Wildman–Crippen LogP) is 1.55. The summed E-state index contributed by atoms with van der Waals surface area (Å²) in [5.41, 5.74) is 1.17. The number of hydrogen-bond donors (Lipinski definition) is 2. The Labute approximate surface area is 163 Å². The van der Waals surface area contributed by atoms with Gasteiger partial charge in [0.1, 0.15) is 12.3 Å². The molecular weight excluding hydrogens is 362 g/mol. The third-order valence-corrected chi connectivity index (χ3v) is 3.98. The lowest BCUT2D eigenvalue weighted by atomic mass is 10.0. The minimum atomic E-state index is -0.703. The van der Waals surface area contributed by atoms with Crippen molar-refractivity contribution in [2.24, 2.45) is 10.9 Å². The average molecular weight is 385 g/mol. The highest BCUT2D eigenvalue weighted by molar-refractivity contribution is 6.01. The first-order valence-electron chi connectivity index (χ1n) is 8.95. The zero-order valence-corrected chi connectivity index (χ0v) is 15.6. The molecule has 0 spiro atoms. The largest absolute Gasteiger partial charge is 0.445 e. The van der Waals surface area contributed by atoms with Crippen LogP contribution in [0.15, 0.2) is 47.1 Å². The summed E-state index contributed by atoms with van der Waals surface area (Å²) < 4.78 is 5.01.